The maximum atomic E-state index is 12.6. The van der Waals surface area contributed by atoms with E-state index in [4.69, 9.17) is 11.6 Å². The lowest BCUT2D eigenvalue weighted by atomic mass is 10.1. The molecule has 2 aromatic carbocycles. The van der Waals surface area contributed by atoms with Gasteiger partial charge in [-0.2, -0.15) is 0 Å². The molecule has 3 aromatic rings. The van der Waals surface area contributed by atoms with Crippen molar-refractivity contribution in [1.82, 2.24) is 14.8 Å². The van der Waals surface area contributed by atoms with E-state index in [1.807, 2.05) is 36.1 Å². The quantitative estimate of drug-likeness (QED) is 0.739. The molecule has 6 heteroatoms. The molecular formula is C22H22ClN3O2. The first-order valence-electron chi connectivity index (χ1n) is 9.40. The van der Waals surface area contributed by atoms with Gasteiger partial charge in [0.2, 0.25) is 0 Å². The number of halogens is 1. The average Bonchev–Trinajstić information content (AvgIpc) is 2.69. The van der Waals surface area contributed by atoms with Crippen molar-refractivity contribution < 1.29 is 4.79 Å². The third-order valence-electron chi connectivity index (χ3n) is 5.29. The molecule has 0 atom stereocenters. The van der Waals surface area contributed by atoms with Crippen molar-refractivity contribution in [2.45, 2.75) is 13.5 Å². The number of aromatic nitrogens is 1. The average molecular weight is 396 g/mol. The van der Waals surface area contributed by atoms with Crippen LogP contribution in [-0.4, -0.2) is 46.9 Å². The number of piperazine rings is 1. The van der Waals surface area contributed by atoms with Crippen molar-refractivity contribution in [3.8, 4) is 0 Å². The number of nitrogens with zero attached hydrogens (tertiary/aromatic N) is 2. The van der Waals surface area contributed by atoms with Crippen molar-refractivity contribution >= 4 is 28.4 Å². The zero-order chi connectivity index (χ0) is 19.7. The first-order valence-corrected chi connectivity index (χ1v) is 9.78. The molecule has 1 aromatic heterocycles. The van der Waals surface area contributed by atoms with Crippen molar-refractivity contribution in [2.75, 3.05) is 26.2 Å². The van der Waals surface area contributed by atoms with Crippen LogP contribution in [0.4, 0.5) is 0 Å². The molecule has 0 saturated carbocycles. The number of H-pyrrole nitrogens is 1. The van der Waals surface area contributed by atoms with Gasteiger partial charge in [-0.1, -0.05) is 35.9 Å². The number of nitrogens with one attached hydrogen (secondary N) is 1. The Morgan fingerprint density at radius 1 is 1.07 bits per heavy atom. The van der Waals surface area contributed by atoms with Gasteiger partial charge in [0.05, 0.1) is 5.52 Å². The van der Waals surface area contributed by atoms with E-state index in [0.717, 1.165) is 35.1 Å². The van der Waals surface area contributed by atoms with Gasteiger partial charge < -0.3 is 9.88 Å². The number of hydrogen-bond acceptors (Lipinski definition) is 3. The van der Waals surface area contributed by atoms with Crippen LogP contribution in [0, 0.1) is 6.92 Å². The van der Waals surface area contributed by atoms with Crippen molar-refractivity contribution in [3.05, 3.63) is 80.6 Å². The molecule has 0 bridgehead atoms. The van der Waals surface area contributed by atoms with Gasteiger partial charge in [-0.15, -0.1) is 0 Å². The van der Waals surface area contributed by atoms with E-state index in [1.54, 1.807) is 24.3 Å². The number of hydrogen-bond donors (Lipinski definition) is 1. The summed E-state index contributed by atoms with van der Waals surface area (Å²) in [6, 6.07) is 15.0. The standard InChI is InChI=1S/C22H22ClN3O2/c1-15-4-2-5-16-12-18(21(27)24-20(15)16)14-25-8-10-26(11-9-25)22(28)17-6-3-7-19(23)13-17/h2-7,12-13H,8-11,14H2,1H3,(H,24,27). The second-order valence-corrected chi connectivity index (χ2v) is 7.68. The van der Waals surface area contributed by atoms with Crippen LogP contribution < -0.4 is 5.56 Å². The third-order valence-corrected chi connectivity index (χ3v) is 5.53. The number of aromatic amines is 1. The van der Waals surface area contributed by atoms with Crippen molar-refractivity contribution in [3.63, 3.8) is 0 Å². The lowest BCUT2D eigenvalue weighted by Gasteiger charge is -2.34. The van der Waals surface area contributed by atoms with Gasteiger partial charge in [-0.25, -0.2) is 0 Å². The minimum absolute atomic E-state index is 0.00109. The Morgan fingerprint density at radius 3 is 2.57 bits per heavy atom. The zero-order valence-corrected chi connectivity index (χ0v) is 16.5. The number of para-hydroxylation sites is 1. The van der Waals surface area contributed by atoms with Gasteiger partial charge >= 0.3 is 0 Å². The molecule has 0 radical (unpaired) electrons. The summed E-state index contributed by atoms with van der Waals surface area (Å²) in [5, 5.41) is 1.61. The summed E-state index contributed by atoms with van der Waals surface area (Å²) < 4.78 is 0. The van der Waals surface area contributed by atoms with Gasteiger partial charge in [0.15, 0.2) is 0 Å². The Balaban J connectivity index is 1.43. The summed E-state index contributed by atoms with van der Waals surface area (Å²) in [5.74, 6) is 0.00109. The lowest BCUT2D eigenvalue weighted by Crippen LogP contribution is -2.48. The van der Waals surface area contributed by atoms with Crippen LogP contribution in [0.5, 0.6) is 0 Å². The molecule has 144 valence electrons. The third kappa shape index (κ3) is 3.81. The van der Waals surface area contributed by atoms with Gasteiger partial charge in [0, 0.05) is 48.9 Å². The summed E-state index contributed by atoms with van der Waals surface area (Å²) in [4.78, 5) is 32.2. The SMILES string of the molecule is Cc1cccc2cc(CN3CCN(C(=O)c4cccc(Cl)c4)CC3)c(=O)[nH]c12. The Labute approximate surface area is 168 Å². The summed E-state index contributed by atoms with van der Waals surface area (Å²) >= 11 is 6.00. The highest BCUT2D eigenvalue weighted by Gasteiger charge is 2.23. The van der Waals surface area contributed by atoms with Gasteiger partial charge in [0.1, 0.15) is 0 Å². The Morgan fingerprint density at radius 2 is 1.82 bits per heavy atom. The maximum Gasteiger partial charge on any atom is 0.253 e. The normalized spacial score (nSPS) is 15.1. The van der Waals surface area contributed by atoms with Crippen LogP contribution in [0.15, 0.2) is 53.3 Å². The number of aryl methyl sites for hydroxylation is 1. The van der Waals surface area contributed by atoms with Crippen LogP contribution in [0.1, 0.15) is 21.5 Å². The molecule has 0 spiro atoms. The first kappa shape index (κ1) is 18.7. The monoisotopic (exact) mass is 395 g/mol. The highest BCUT2D eigenvalue weighted by atomic mass is 35.5. The zero-order valence-electron chi connectivity index (χ0n) is 15.7. The van der Waals surface area contributed by atoms with Crippen LogP contribution in [0.25, 0.3) is 10.9 Å². The van der Waals surface area contributed by atoms with Crippen LogP contribution in [-0.2, 0) is 6.54 Å². The van der Waals surface area contributed by atoms with Crippen LogP contribution in [0.2, 0.25) is 5.02 Å². The number of carbonyl (C=O) groups excluding carboxylic acids is 1. The summed E-state index contributed by atoms with van der Waals surface area (Å²) in [6.07, 6.45) is 0. The number of benzene rings is 2. The molecule has 1 aliphatic heterocycles. The molecule has 0 unspecified atom stereocenters. The molecule has 1 aliphatic rings. The minimum atomic E-state index is -0.0424. The fourth-order valence-corrected chi connectivity index (χ4v) is 3.89. The van der Waals surface area contributed by atoms with Crippen molar-refractivity contribution in [1.29, 1.82) is 0 Å². The van der Waals surface area contributed by atoms with E-state index in [2.05, 4.69) is 9.88 Å². The largest absolute Gasteiger partial charge is 0.336 e. The topological polar surface area (TPSA) is 56.4 Å². The molecule has 1 amide bonds. The molecule has 2 heterocycles. The molecule has 4 rings (SSSR count). The maximum absolute atomic E-state index is 12.6. The lowest BCUT2D eigenvalue weighted by molar-refractivity contribution is 0.0628. The fraction of sp³-hybridized carbons (Fsp3) is 0.273. The minimum Gasteiger partial charge on any atom is -0.336 e. The molecule has 0 aliphatic carbocycles. The summed E-state index contributed by atoms with van der Waals surface area (Å²) in [6.45, 7) is 5.31. The van der Waals surface area contributed by atoms with Gasteiger partial charge in [-0.05, 0) is 42.1 Å². The highest BCUT2D eigenvalue weighted by Crippen LogP contribution is 2.17. The number of rotatable bonds is 3. The van der Waals surface area contributed by atoms with E-state index >= 15 is 0 Å². The smallest absolute Gasteiger partial charge is 0.253 e. The molecule has 28 heavy (non-hydrogen) atoms. The number of carbonyl (C=O) groups is 1. The Kier molecular flexibility index (Phi) is 5.20. The van der Waals surface area contributed by atoms with E-state index in [0.29, 0.717) is 30.2 Å². The summed E-state index contributed by atoms with van der Waals surface area (Å²) in [7, 11) is 0. The summed E-state index contributed by atoms with van der Waals surface area (Å²) in [5.41, 5.74) is 3.29. The molecule has 5 nitrogen and oxygen atoms in total. The van der Waals surface area contributed by atoms with E-state index in [1.165, 1.54) is 0 Å². The number of amides is 1. The fourth-order valence-electron chi connectivity index (χ4n) is 3.70. The highest BCUT2D eigenvalue weighted by molar-refractivity contribution is 6.30. The molecule has 1 N–H and O–H groups in total. The molecule has 1 saturated heterocycles. The second kappa shape index (κ2) is 7.78. The Bertz CT molecular complexity index is 1080. The predicted octanol–water partition coefficient (Wildman–Crippen LogP) is 3.45. The van der Waals surface area contributed by atoms with E-state index in [-0.39, 0.29) is 11.5 Å². The van der Waals surface area contributed by atoms with Crippen LogP contribution in [0.3, 0.4) is 0 Å². The number of pyridine rings is 1. The van der Waals surface area contributed by atoms with Crippen molar-refractivity contribution in [2.24, 2.45) is 0 Å². The molecule has 1 fully saturated rings. The molecular weight excluding hydrogens is 374 g/mol. The second-order valence-electron chi connectivity index (χ2n) is 7.24. The van der Waals surface area contributed by atoms with Gasteiger partial charge in [0.25, 0.3) is 11.5 Å². The number of fused-ring (bicyclic) bond motifs is 1. The predicted molar refractivity (Wildman–Crippen MR) is 112 cm³/mol. The van der Waals surface area contributed by atoms with Gasteiger partial charge in [-0.3, -0.25) is 14.5 Å². The van der Waals surface area contributed by atoms with E-state index in [9.17, 15) is 9.59 Å². The van der Waals surface area contributed by atoms with E-state index < -0.39 is 0 Å². The van der Waals surface area contributed by atoms with Crippen LogP contribution >= 0.6 is 11.6 Å². The Hall–Kier alpha value is -2.63. The first-order chi connectivity index (χ1) is 13.5.